The average molecular weight is 324 g/mol. The van der Waals surface area contributed by atoms with Gasteiger partial charge in [-0.25, -0.2) is 0 Å². The zero-order valence-electron chi connectivity index (χ0n) is 15.6. The maximum Gasteiger partial charge on any atom is 0.466 e. The van der Waals surface area contributed by atoms with Crippen LogP contribution in [0.5, 0.6) is 0 Å². The third-order valence-corrected chi connectivity index (χ3v) is 6.18. The van der Waals surface area contributed by atoms with E-state index in [4.69, 9.17) is 14.0 Å². The van der Waals surface area contributed by atoms with E-state index in [-0.39, 0.29) is 23.6 Å². The summed E-state index contributed by atoms with van der Waals surface area (Å²) in [5.74, 6) is 0. The van der Waals surface area contributed by atoms with Crippen molar-refractivity contribution in [3.05, 3.63) is 0 Å². The largest absolute Gasteiger partial charge is 0.466 e. The minimum atomic E-state index is -0.243. The van der Waals surface area contributed by atoms with Gasteiger partial charge in [0.1, 0.15) is 0 Å². The summed E-state index contributed by atoms with van der Waals surface area (Å²) in [5.41, 5.74) is -0.486. The van der Waals surface area contributed by atoms with Crippen LogP contribution in [-0.2, 0) is 14.0 Å². The molecule has 0 unspecified atom stereocenters. The molecule has 0 spiro atoms. The molecule has 0 aromatic heterocycles. The lowest BCUT2D eigenvalue weighted by Gasteiger charge is -2.32. The quantitative estimate of drug-likeness (QED) is 0.550. The average Bonchev–Trinajstić information content (AvgIpc) is 3.21. The predicted molar refractivity (Wildman–Crippen MR) is 92.8 cm³/mol. The molecule has 132 valence electrons. The van der Waals surface area contributed by atoms with Gasteiger partial charge in [-0.2, -0.15) is 0 Å². The molecular formula is C17H33BN2O3. The molecule has 1 aliphatic carbocycles. The van der Waals surface area contributed by atoms with E-state index in [1.54, 1.807) is 0 Å². The standard InChI is InChI=1S/C17H33BN2O3/c1-15(2)16(3,4)23-18(22-15)17(6-7-17)14-21-13-12-20-10-8-19(5)9-11-20/h6-14H2,1-5H3. The zero-order valence-corrected chi connectivity index (χ0v) is 15.6. The van der Waals surface area contributed by atoms with Gasteiger partial charge in [-0.05, 0) is 47.6 Å². The van der Waals surface area contributed by atoms with Crippen LogP contribution in [0, 0.1) is 0 Å². The van der Waals surface area contributed by atoms with Gasteiger partial charge in [0.05, 0.1) is 24.4 Å². The minimum Gasteiger partial charge on any atom is -0.403 e. The van der Waals surface area contributed by atoms with Crippen LogP contribution in [0.25, 0.3) is 0 Å². The van der Waals surface area contributed by atoms with Crippen LogP contribution >= 0.6 is 0 Å². The smallest absolute Gasteiger partial charge is 0.403 e. The van der Waals surface area contributed by atoms with Crippen molar-refractivity contribution in [2.75, 3.05) is 53.0 Å². The molecule has 0 N–H and O–H groups in total. The van der Waals surface area contributed by atoms with Crippen LogP contribution in [0.2, 0.25) is 5.31 Å². The summed E-state index contributed by atoms with van der Waals surface area (Å²) < 4.78 is 18.5. The first-order valence-electron chi connectivity index (χ1n) is 9.08. The third-order valence-electron chi connectivity index (χ3n) is 6.18. The number of rotatable bonds is 6. The van der Waals surface area contributed by atoms with Gasteiger partial charge in [0.2, 0.25) is 0 Å². The molecule has 3 rings (SSSR count). The van der Waals surface area contributed by atoms with E-state index in [1.165, 1.54) is 0 Å². The highest BCUT2D eigenvalue weighted by Gasteiger charge is 2.64. The Morgan fingerprint density at radius 2 is 1.52 bits per heavy atom. The highest BCUT2D eigenvalue weighted by molar-refractivity contribution is 6.51. The Hall–Kier alpha value is -0.135. The van der Waals surface area contributed by atoms with Gasteiger partial charge in [-0.1, -0.05) is 0 Å². The summed E-state index contributed by atoms with van der Waals surface area (Å²) >= 11 is 0. The van der Waals surface area contributed by atoms with Crippen molar-refractivity contribution >= 4 is 7.12 Å². The second-order valence-electron chi connectivity index (χ2n) is 8.65. The summed E-state index contributed by atoms with van der Waals surface area (Å²) in [6.07, 6.45) is 2.30. The van der Waals surface area contributed by atoms with Crippen molar-refractivity contribution in [1.29, 1.82) is 0 Å². The molecule has 0 bridgehead atoms. The number of hydrogen-bond acceptors (Lipinski definition) is 5. The molecule has 23 heavy (non-hydrogen) atoms. The molecule has 2 heterocycles. The molecule has 6 heteroatoms. The number of nitrogens with zero attached hydrogens (tertiary/aromatic N) is 2. The van der Waals surface area contributed by atoms with E-state index in [2.05, 4.69) is 44.5 Å². The predicted octanol–water partition coefficient (Wildman–Crippen LogP) is 1.88. The van der Waals surface area contributed by atoms with Crippen molar-refractivity contribution in [1.82, 2.24) is 9.80 Å². The summed E-state index contributed by atoms with van der Waals surface area (Å²) in [6.45, 7) is 15.7. The molecule has 3 fully saturated rings. The highest BCUT2D eigenvalue weighted by Crippen LogP contribution is 2.60. The Kier molecular flexibility index (Phi) is 4.84. The topological polar surface area (TPSA) is 34.2 Å². The van der Waals surface area contributed by atoms with E-state index in [0.717, 1.165) is 58.8 Å². The minimum absolute atomic E-state index is 0.0904. The first-order chi connectivity index (χ1) is 10.7. The molecule has 3 aliphatic rings. The van der Waals surface area contributed by atoms with Crippen LogP contribution in [0.3, 0.4) is 0 Å². The summed E-state index contributed by atoms with van der Waals surface area (Å²) in [5, 5.41) is 0.0904. The first-order valence-corrected chi connectivity index (χ1v) is 9.08. The first kappa shape index (κ1) is 17.7. The molecule has 0 amide bonds. The Bertz CT molecular complexity index is 402. The second kappa shape index (κ2) is 6.30. The second-order valence-corrected chi connectivity index (χ2v) is 8.65. The van der Waals surface area contributed by atoms with Crippen LogP contribution in [0.4, 0.5) is 0 Å². The number of ether oxygens (including phenoxy) is 1. The van der Waals surface area contributed by atoms with E-state index < -0.39 is 0 Å². The van der Waals surface area contributed by atoms with Gasteiger partial charge in [-0.3, -0.25) is 4.90 Å². The molecule has 2 aliphatic heterocycles. The molecule has 0 radical (unpaired) electrons. The number of likely N-dealkylation sites (N-methyl/N-ethyl adjacent to an activating group) is 1. The Balaban J connectivity index is 1.40. The normalized spacial score (nSPS) is 29.9. The summed E-state index contributed by atoms with van der Waals surface area (Å²) in [7, 11) is 2.08. The van der Waals surface area contributed by atoms with Gasteiger partial charge in [0.25, 0.3) is 0 Å². The Morgan fingerprint density at radius 3 is 2.04 bits per heavy atom. The van der Waals surface area contributed by atoms with Crippen LogP contribution in [0.15, 0.2) is 0 Å². The summed E-state index contributed by atoms with van der Waals surface area (Å²) in [4.78, 5) is 4.88. The van der Waals surface area contributed by atoms with E-state index in [9.17, 15) is 0 Å². The number of piperazine rings is 1. The van der Waals surface area contributed by atoms with Crippen molar-refractivity contribution < 1.29 is 14.0 Å². The molecular weight excluding hydrogens is 291 g/mol. The fraction of sp³-hybridized carbons (Fsp3) is 1.00. The van der Waals surface area contributed by atoms with Crippen LogP contribution in [0.1, 0.15) is 40.5 Å². The Labute approximate surface area is 141 Å². The van der Waals surface area contributed by atoms with E-state index in [1.807, 2.05) is 0 Å². The van der Waals surface area contributed by atoms with Gasteiger partial charge in [0, 0.05) is 38.0 Å². The van der Waals surface area contributed by atoms with Gasteiger partial charge < -0.3 is 18.9 Å². The van der Waals surface area contributed by atoms with E-state index in [0.29, 0.717) is 0 Å². The van der Waals surface area contributed by atoms with E-state index >= 15 is 0 Å². The van der Waals surface area contributed by atoms with Crippen LogP contribution < -0.4 is 0 Å². The summed E-state index contributed by atoms with van der Waals surface area (Å²) in [6, 6.07) is 0. The lowest BCUT2D eigenvalue weighted by molar-refractivity contribution is 0.00578. The SMILES string of the molecule is CN1CCN(CCOCC2(B3OC(C)(C)C(C)(C)O3)CC2)CC1. The third kappa shape index (κ3) is 3.77. The molecule has 0 atom stereocenters. The zero-order chi connectivity index (χ0) is 16.7. The number of hydrogen-bond donors (Lipinski definition) is 0. The fourth-order valence-electron chi connectivity index (χ4n) is 3.24. The lowest BCUT2D eigenvalue weighted by atomic mass is 9.68. The molecule has 2 saturated heterocycles. The molecule has 1 saturated carbocycles. The maximum atomic E-state index is 6.23. The fourth-order valence-corrected chi connectivity index (χ4v) is 3.24. The maximum absolute atomic E-state index is 6.23. The molecule has 5 nitrogen and oxygen atoms in total. The van der Waals surface area contributed by atoms with Crippen molar-refractivity contribution in [2.24, 2.45) is 0 Å². The van der Waals surface area contributed by atoms with Crippen molar-refractivity contribution in [3.63, 3.8) is 0 Å². The van der Waals surface area contributed by atoms with Gasteiger partial charge >= 0.3 is 7.12 Å². The lowest BCUT2D eigenvalue weighted by Crippen LogP contribution is -2.45. The van der Waals surface area contributed by atoms with Crippen molar-refractivity contribution in [2.45, 2.75) is 57.1 Å². The van der Waals surface area contributed by atoms with Gasteiger partial charge in [-0.15, -0.1) is 0 Å². The highest BCUT2D eigenvalue weighted by atomic mass is 16.7. The monoisotopic (exact) mass is 324 g/mol. The van der Waals surface area contributed by atoms with Crippen molar-refractivity contribution in [3.8, 4) is 0 Å². The molecule has 0 aromatic carbocycles. The van der Waals surface area contributed by atoms with Gasteiger partial charge in [0.15, 0.2) is 0 Å². The Morgan fingerprint density at radius 1 is 0.957 bits per heavy atom. The van der Waals surface area contributed by atoms with Crippen LogP contribution in [-0.4, -0.2) is 81.1 Å². The molecule has 0 aromatic rings.